The van der Waals surface area contributed by atoms with Gasteiger partial charge < -0.3 is 19.9 Å². The summed E-state index contributed by atoms with van der Waals surface area (Å²) in [7, 11) is 0. The first-order chi connectivity index (χ1) is 18.1. The molecule has 0 aromatic heterocycles. The van der Waals surface area contributed by atoms with Gasteiger partial charge in [0.1, 0.15) is 11.9 Å². The number of benzene rings is 3. The first-order valence-electron chi connectivity index (χ1n) is 12.4. The highest BCUT2D eigenvalue weighted by molar-refractivity contribution is 7.99. The van der Waals surface area contributed by atoms with Gasteiger partial charge in [0.25, 0.3) is 5.91 Å². The van der Waals surface area contributed by atoms with Crippen molar-refractivity contribution in [2.75, 3.05) is 13.2 Å². The highest BCUT2D eigenvalue weighted by Gasteiger charge is 2.49. The fourth-order valence-corrected chi connectivity index (χ4v) is 5.06. The molecule has 0 unspecified atom stereocenters. The van der Waals surface area contributed by atoms with Crippen LogP contribution in [0.25, 0.3) is 0 Å². The second kappa shape index (κ2) is 12.6. The third-order valence-electron chi connectivity index (χ3n) is 6.17. The third kappa shape index (κ3) is 6.42. The van der Waals surface area contributed by atoms with E-state index in [9.17, 15) is 4.79 Å². The van der Waals surface area contributed by atoms with E-state index in [0.717, 1.165) is 20.9 Å². The van der Waals surface area contributed by atoms with Crippen molar-refractivity contribution in [3.63, 3.8) is 0 Å². The SMILES string of the molecule is C=CC[C@@]1(C(=O)NCc2ccccc2Sc2ccccc2)N=C(c2ccc(OCCCO)cc2)O[C@@H]1C. The van der Waals surface area contributed by atoms with Crippen LogP contribution in [0.15, 0.2) is 106 Å². The Hall–Kier alpha value is -3.55. The lowest BCUT2D eigenvalue weighted by molar-refractivity contribution is -0.128. The van der Waals surface area contributed by atoms with Crippen molar-refractivity contribution >= 4 is 23.6 Å². The Labute approximate surface area is 222 Å². The molecule has 0 fully saturated rings. The summed E-state index contributed by atoms with van der Waals surface area (Å²) >= 11 is 1.67. The number of rotatable bonds is 12. The third-order valence-corrected chi connectivity index (χ3v) is 7.29. The minimum Gasteiger partial charge on any atom is -0.494 e. The van der Waals surface area contributed by atoms with Crippen LogP contribution in [-0.2, 0) is 16.1 Å². The summed E-state index contributed by atoms with van der Waals surface area (Å²) in [6, 6.07) is 25.6. The fourth-order valence-electron chi connectivity index (χ4n) is 4.10. The summed E-state index contributed by atoms with van der Waals surface area (Å²) in [5.74, 6) is 0.927. The van der Waals surface area contributed by atoms with Gasteiger partial charge in [0, 0.05) is 41.3 Å². The van der Waals surface area contributed by atoms with Crippen LogP contribution >= 0.6 is 11.8 Å². The van der Waals surface area contributed by atoms with E-state index in [1.54, 1.807) is 17.8 Å². The normalized spacial score (nSPS) is 18.5. The van der Waals surface area contributed by atoms with E-state index in [1.165, 1.54) is 0 Å². The minimum absolute atomic E-state index is 0.0888. The molecule has 6 nitrogen and oxygen atoms in total. The zero-order valence-corrected chi connectivity index (χ0v) is 21.7. The summed E-state index contributed by atoms with van der Waals surface area (Å²) in [5, 5.41) is 12.0. The van der Waals surface area contributed by atoms with Gasteiger partial charge in [-0.3, -0.25) is 4.79 Å². The molecule has 0 saturated carbocycles. The van der Waals surface area contributed by atoms with Crippen LogP contribution in [0.5, 0.6) is 5.75 Å². The van der Waals surface area contributed by atoms with Gasteiger partial charge in [-0.2, -0.15) is 0 Å². The maximum atomic E-state index is 13.6. The molecule has 1 aliphatic heterocycles. The summed E-state index contributed by atoms with van der Waals surface area (Å²) in [4.78, 5) is 20.6. The predicted molar refractivity (Wildman–Crippen MR) is 147 cm³/mol. The zero-order valence-electron chi connectivity index (χ0n) is 20.9. The molecule has 7 heteroatoms. The quantitative estimate of drug-likeness (QED) is 0.249. The van der Waals surface area contributed by atoms with E-state index in [1.807, 2.05) is 67.6 Å². The molecule has 2 atom stereocenters. The minimum atomic E-state index is -1.10. The molecule has 1 aliphatic rings. The van der Waals surface area contributed by atoms with Crippen molar-refractivity contribution in [1.82, 2.24) is 5.32 Å². The predicted octanol–water partition coefficient (Wildman–Crippen LogP) is 5.40. The first-order valence-corrected chi connectivity index (χ1v) is 13.2. The van der Waals surface area contributed by atoms with Gasteiger partial charge in [0.2, 0.25) is 5.90 Å². The van der Waals surface area contributed by atoms with Crippen molar-refractivity contribution in [1.29, 1.82) is 0 Å². The Morgan fingerprint density at radius 3 is 2.59 bits per heavy atom. The molecule has 3 aromatic rings. The van der Waals surface area contributed by atoms with E-state index in [4.69, 9.17) is 19.6 Å². The Morgan fingerprint density at radius 1 is 1.14 bits per heavy atom. The Morgan fingerprint density at radius 2 is 1.86 bits per heavy atom. The highest BCUT2D eigenvalue weighted by Crippen LogP contribution is 2.34. The van der Waals surface area contributed by atoms with Gasteiger partial charge in [-0.25, -0.2) is 4.99 Å². The molecule has 4 rings (SSSR count). The van der Waals surface area contributed by atoms with Crippen LogP contribution in [0.2, 0.25) is 0 Å². The maximum absolute atomic E-state index is 13.6. The molecule has 2 N–H and O–H groups in total. The number of nitrogens with one attached hydrogen (secondary N) is 1. The summed E-state index contributed by atoms with van der Waals surface area (Å²) < 4.78 is 11.7. The van der Waals surface area contributed by atoms with E-state index < -0.39 is 11.6 Å². The van der Waals surface area contributed by atoms with Crippen LogP contribution in [-0.4, -0.2) is 41.8 Å². The number of hydrogen-bond donors (Lipinski definition) is 2. The fraction of sp³-hybridized carbons (Fsp3) is 0.267. The molecule has 1 heterocycles. The molecule has 0 radical (unpaired) electrons. The zero-order chi connectivity index (χ0) is 26.1. The largest absolute Gasteiger partial charge is 0.494 e. The van der Waals surface area contributed by atoms with Crippen molar-refractivity contribution in [2.45, 2.75) is 47.7 Å². The average Bonchev–Trinajstić information content (AvgIpc) is 3.26. The van der Waals surface area contributed by atoms with Crippen LogP contribution < -0.4 is 10.1 Å². The van der Waals surface area contributed by atoms with Crippen LogP contribution in [0.1, 0.15) is 30.9 Å². The van der Waals surface area contributed by atoms with Gasteiger partial charge in [-0.1, -0.05) is 54.2 Å². The number of carbonyl (C=O) groups excluding carboxylic acids is 1. The van der Waals surface area contributed by atoms with Gasteiger partial charge in [-0.05, 0) is 55.0 Å². The second-order valence-electron chi connectivity index (χ2n) is 8.75. The van der Waals surface area contributed by atoms with Crippen molar-refractivity contribution < 1.29 is 19.4 Å². The number of nitrogens with zero attached hydrogens (tertiary/aromatic N) is 1. The topological polar surface area (TPSA) is 80.2 Å². The van der Waals surface area contributed by atoms with E-state index in [2.05, 4.69) is 30.1 Å². The molecule has 0 spiro atoms. The second-order valence-corrected chi connectivity index (χ2v) is 9.86. The molecule has 0 aliphatic carbocycles. The lowest BCUT2D eigenvalue weighted by Gasteiger charge is -2.27. The molecule has 192 valence electrons. The first kappa shape index (κ1) is 26.5. The number of aliphatic hydroxyl groups is 1. The Kier molecular flexibility index (Phi) is 9.04. The molecule has 0 bridgehead atoms. The van der Waals surface area contributed by atoms with Gasteiger partial charge in [0.15, 0.2) is 5.54 Å². The smallest absolute Gasteiger partial charge is 0.252 e. The lowest BCUT2D eigenvalue weighted by atomic mass is 9.89. The lowest BCUT2D eigenvalue weighted by Crippen LogP contribution is -2.50. The van der Waals surface area contributed by atoms with Crippen molar-refractivity contribution in [3.8, 4) is 5.75 Å². The standard InChI is InChI=1S/C30H32N2O4S/c1-3-18-30(22(2)36-28(32-30)23-14-16-25(17-15-23)35-20-9-19-33)29(34)31-21-24-10-7-8-13-27(24)37-26-11-5-4-6-12-26/h3-8,10-17,22,33H,1,9,18-21H2,2H3,(H,31,34)/t22-,30-/m1/s1. The van der Waals surface area contributed by atoms with E-state index >= 15 is 0 Å². The molecule has 1 amide bonds. The molecule has 37 heavy (non-hydrogen) atoms. The number of aliphatic imine (C=N–C) groups is 1. The monoisotopic (exact) mass is 516 g/mol. The maximum Gasteiger partial charge on any atom is 0.252 e. The van der Waals surface area contributed by atoms with Crippen molar-refractivity contribution in [3.05, 3.63) is 103 Å². The number of ether oxygens (including phenoxy) is 2. The molecule has 3 aromatic carbocycles. The van der Waals surface area contributed by atoms with Crippen LogP contribution in [0.3, 0.4) is 0 Å². The Bertz CT molecular complexity index is 1230. The molecular formula is C30H32N2O4S. The van der Waals surface area contributed by atoms with Gasteiger partial charge in [-0.15, -0.1) is 6.58 Å². The van der Waals surface area contributed by atoms with E-state index in [0.29, 0.717) is 37.6 Å². The summed E-state index contributed by atoms with van der Waals surface area (Å²) in [5.41, 5.74) is 0.699. The van der Waals surface area contributed by atoms with Gasteiger partial charge in [0.05, 0.1) is 6.61 Å². The molecule has 0 saturated heterocycles. The van der Waals surface area contributed by atoms with Gasteiger partial charge >= 0.3 is 0 Å². The van der Waals surface area contributed by atoms with Crippen molar-refractivity contribution in [2.24, 2.45) is 4.99 Å². The number of amides is 1. The van der Waals surface area contributed by atoms with Crippen LogP contribution in [0, 0.1) is 0 Å². The Balaban J connectivity index is 1.49. The number of aliphatic hydroxyl groups excluding tert-OH is 1. The average molecular weight is 517 g/mol. The summed E-state index contributed by atoms with van der Waals surface area (Å²) in [6.45, 7) is 6.65. The highest BCUT2D eigenvalue weighted by atomic mass is 32.2. The number of hydrogen-bond acceptors (Lipinski definition) is 6. The van der Waals surface area contributed by atoms with Crippen LogP contribution in [0.4, 0.5) is 0 Å². The molecular weight excluding hydrogens is 484 g/mol. The van der Waals surface area contributed by atoms with E-state index in [-0.39, 0.29) is 12.5 Å². The summed E-state index contributed by atoms with van der Waals surface area (Å²) in [6.07, 6.45) is 2.17. The number of carbonyl (C=O) groups is 1.